The van der Waals surface area contributed by atoms with Crippen molar-refractivity contribution in [3.63, 3.8) is 0 Å². The van der Waals surface area contributed by atoms with Crippen LogP contribution in [0.3, 0.4) is 0 Å². The lowest BCUT2D eigenvalue weighted by Crippen LogP contribution is -2.57. The number of hydrogen-bond donors (Lipinski definition) is 4. The minimum absolute atomic E-state index is 0.0115. The number of unbranched alkanes of at least 4 members (excludes halogenated alkanes) is 4. The molecule has 0 saturated carbocycles. The SMILES string of the molecule is CCCCCCCC(=O)N(CC(F)(F)F)[C@@H]1C=C(C(=O)NCCO)[C@@H]2c3cc(CO)cc(OC)c3O[C@@H]2[C@H]1O. The fourth-order valence-electron chi connectivity index (χ4n) is 5.20. The smallest absolute Gasteiger partial charge is 0.406 e. The van der Waals surface area contributed by atoms with Crippen LogP contribution in [0.15, 0.2) is 23.8 Å². The number of alkyl halides is 3. The molecule has 0 aromatic heterocycles. The lowest BCUT2D eigenvalue weighted by Gasteiger charge is -2.41. The highest BCUT2D eigenvalue weighted by Crippen LogP contribution is 2.51. The van der Waals surface area contributed by atoms with Gasteiger partial charge in [-0.15, -0.1) is 0 Å². The molecule has 3 rings (SSSR count). The second-order valence-electron chi connectivity index (χ2n) is 9.82. The molecule has 218 valence electrons. The summed E-state index contributed by atoms with van der Waals surface area (Å²) in [7, 11) is 1.37. The van der Waals surface area contributed by atoms with E-state index in [1.54, 1.807) is 6.07 Å². The van der Waals surface area contributed by atoms with Crippen LogP contribution in [-0.2, 0) is 16.2 Å². The Bertz CT molecular complexity index is 1050. The molecule has 0 fully saturated rings. The third-order valence-electron chi connectivity index (χ3n) is 7.02. The number of ether oxygens (including phenoxy) is 2. The highest BCUT2D eigenvalue weighted by atomic mass is 19.4. The van der Waals surface area contributed by atoms with Gasteiger partial charge in [-0.25, -0.2) is 0 Å². The number of nitrogens with one attached hydrogen (secondary N) is 1. The van der Waals surface area contributed by atoms with E-state index in [0.29, 0.717) is 28.9 Å². The van der Waals surface area contributed by atoms with Crippen molar-refractivity contribution in [1.82, 2.24) is 10.2 Å². The first kappa shape index (κ1) is 30.7. The molecule has 1 aromatic rings. The summed E-state index contributed by atoms with van der Waals surface area (Å²) in [5.41, 5.74) is 0.844. The molecule has 39 heavy (non-hydrogen) atoms. The van der Waals surface area contributed by atoms with Crippen LogP contribution in [0, 0.1) is 0 Å². The van der Waals surface area contributed by atoms with Gasteiger partial charge in [0, 0.05) is 24.1 Å². The van der Waals surface area contributed by atoms with Gasteiger partial charge in [0.05, 0.1) is 32.3 Å². The standard InChI is InChI=1S/C27H37F3N2O7/c1-3-4-5-6-7-8-21(35)32(15-27(28,29)30)19-13-18(26(37)31-9-10-33)22-17-11-16(14-34)12-20(38-2)24(17)39-25(22)23(19)36/h11-13,19,22-23,25,33-34,36H,3-10,14-15H2,1-2H3,(H,31,37)/t19-,22+,23+,25+/m1/s1. The van der Waals surface area contributed by atoms with Crippen molar-refractivity contribution in [3.05, 3.63) is 34.9 Å². The summed E-state index contributed by atoms with van der Waals surface area (Å²) in [5.74, 6) is -1.97. The Hall–Kier alpha value is -2.83. The summed E-state index contributed by atoms with van der Waals surface area (Å²) < 4.78 is 52.3. The number of aliphatic hydroxyl groups is 3. The molecule has 2 aliphatic rings. The predicted molar refractivity (Wildman–Crippen MR) is 135 cm³/mol. The van der Waals surface area contributed by atoms with E-state index in [4.69, 9.17) is 9.47 Å². The summed E-state index contributed by atoms with van der Waals surface area (Å²) >= 11 is 0. The van der Waals surface area contributed by atoms with Crippen LogP contribution in [0.4, 0.5) is 13.2 Å². The van der Waals surface area contributed by atoms with E-state index in [0.717, 1.165) is 19.3 Å². The van der Waals surface area contributed by atoms with Gasteiger partial charge in [-0.05, 0) is 30.2 Å². The molecule has 1 aliphatic carbocycles. The Kier molecular flexibility index (Phi) is 10.6. The molecule has 9 nitrogen and oxygen atoms in total. The van der Waals surface area contributed by atoms with Gasteiger partial charge in [0.15, 0.2) is 11.5 Å². The molecule has 0 unspecified atom stereocenters. The molecule has 0 radical (unpaired) electrons. The molecule has 2 amide bonds. The predicted octanol–water partition coefficient (Wildman–Crippen LogP) is 2.56. The number of methoxy groups -OCH3 is 1. The van der Waals surface area contributed by atoms with Gasteiger partial charge in [-0.3, -0.25) is 9.59 Å². The van der Waals surface area contributed by atoms with E-state index in [1.807, 2.05) is 6.92 Å². The van der Waals surface area contributed by atoms with Crippen molar-refractivity contribution in [1.29, 1.82) is 0 Å². The van der Waals surface area contributed by atoms with Gasteiger partial charge < -0.3 is 35.0 Å². The largest absolute Gasteiger partial charge is 0.493 e. The third kappa shape index (κ3) is 7.23. The van der Waals surface area contributed by atoms with Gasteiger partial charge in [0.25, 0.3) is 0 Å². The molecular weight excluding hydrogens is 521 g/mol. The number of fused-ring (bicyclic) bond motifs is 3. The number of nitrogens with zero attached hydrogens (tertiary/aromatic N) is 1. The van der Waals surface area contributed by atoms with Crippen molar-refractivity contribution in [2.45, 2.75) is 82.4 Å². The maximum absolute atomic E-state index is 13.6. The van der Waals surface area contributed by atoms with Gasteiger partial charge >= 0.3 is 6.18 Å². The number of carbonyl (C=O) groups excluding carboxylic acids is 2. The van der Waals surface area contributed by atoms with E-state index in [2.05, 4.69) is 5.32 Å². The van der Waals surface area contributed by atoms with Gasteiger partial charge in [0.2, 0.25) is 11.8 Å². The zero-order valence-electron chi connectivity index (χ0n) is 22.2. The van der Waals surface area contributed by atoms with Crippen molar-refractivity contribution in [2.75, 3.05) is 26.8 Å². The van der Waals surface area contributed by atoms with Crippen molar-refractivity contribution < 1.29 is 47.6 Å². The maximum atomic E-state index is 13.6. The van der Waals surface area contributed by atoms with Crippen LogP contribution in [0.2, 0.25) is 0 Å². The Morgan fingerprint density at radius 1 is 1.15 bits per heavy atom. The lowest BCUT2D eigenvalue weighted by molar-refractivity contribution is -0.170. The maximum Gasteiger partial charge on any atom is 0.406 e. The van der Waals surface area contributed by atoms with Crippen LogP contribution in [0.1, 0.15) is 62.5 Å². The van der Waals surface area contributed by atoms with Crippen LogP contribution in [0.5, 0.6) is 11.5 Å². The monoisotopic (exact) mass is 558 g/mol. The summed E-state index contributed by atoms with van der Waals surface area (Å²) in [6.07, 6.45) is -2.62. The van der Waals surface area contributed by atoms with E-state index in [-0.39, 0.29) is 43.3 Å². The number of carbonyl (C=O) groups is 2. The Morgan fingerprint density at radius 3 is 2.49 bits per heavy atom. The van der Waals surface area contributed by atoms with Gasteiger partial charge in [-0.1, -0.05) is 32.6 Å². The first-order valence-electron chi connectivity index (χ1n) is 13.2. The molecule has 0 spiro atoms. The number of aliphatic hydroxyl groups excluding tert-OH is 3. The minimum Gasteiger partial charge on any atom is -0.493 e. The average Bonchev–Trinajstić information content (AvgIpc) is 3.29. The van der Waals surface area contributed by atoms with E-state index >= 15 is 0 Å². The first-order valence-corrected chi connectivity index (χ1v) is 13.2. The summed E-state index contributed by atoms with van der Waals surface area (Å²) in [4.78, 5) is 26.9. The quantitative estimate of drug-likeness (QED) is 0.274. The molecule has 12 heteroatoms. The topological polar surface area (TPSA) is 129 Å². The Balaban J connectivity index is 2.03. The first-order chi connectivity index (χ1) is 18.6. The zero-order chi connectivity index (χ0) is 28.7. The molecule has 0 bridgehead atoms. The van der Waals surface area contributed by atoms with Crippen LogP contribution >= 0.6 is 0 Å². The third-order valence-corrected chi connectivity index (χ3v) is 7.02. The molecule has 4 atom stereocenters. The lowest BCUT2D eigenvalue weighted by atomic mass is 9.77. The van der Waals surface area contributed by atoms with E-state index in [1.165, 1.54) is 19.3 Å². The van der Waals surface area contributed by atoms with Crippen LogP contribution < -0.4 is 14.8 Å². The van der Waals surface area contributed by atoms with Crippen molar-refractivity contribution in [2.24, 2.45) is 0 Å². The average molecular weight is 559 g/mol. The Morgan fingerprint density at radius 2 is 1.87 bits per heavy atom. The molecule has 1 aromatic carbocycles. The van der Waals surface area contributed by atoms with Gasteiger partial charge in [-0.2, -0.15) is 13.2 Å². The summed E-state index contributed by atoms with van der Waals surface area (Å²) in [6, 6.07) is 1.61. The minimum atomic E-state index is -4.75. The fourth-order valence-corrected chi connectivity index (χ4v) is 5.20. The zero-order valence-corrected chi connectivity index (χ0v) is 22.2. The number of rotatable bonds is 13. The molecule has 1 heterocycles. The van der Waals surface area contributed by atoms with E-state index in [9.17, 15) is 38.1 Å². The molecular formula is C27H37F3N2O7. The Labute approximate surface area is 225 Å². The van der Waals surface area contributed by atoms with Crippen LogP contribution in [0.25, 0.3) is 0 Å². The van der Waals surface area contributed by atoms with Crippen molar-refractivity contribution in [3.8, 4) is 11.5 Å². The number of amides is 2. The summed E-state index contributed by atoms with van der Waals surface area (Å²) in [6.45, 7) is -0.415. The highest BCUT2D eigenvalue weighted by molar-refractivity contribution is 5.96. The van der Waals surface area contributed by atoms with E-state index < -0.39 is 48.7 Å². The second kappa shape index (κ2) is 13.5. The fraction of sp³-hybridized carbons (Fsp3) is 0.630. The second-order valence-corrected chi connectivity index (χ2v) is 9.82. The number of halogens is 3. The van der Waals surface area contributed by atoms with Crippen molar-refractivity contribution >= 4 is 11.8 Å². The van der Waals surface area contributed by atoms with Crippen LogP contribution in [-0.4, -0.2) is 83.3 Å². The summed E-state index contributed by atoms with van der Waals surface area (Å²) in [5, 5.41) is 32.8. The highest BCUT2D eigenvalue weighted by Gasteiger charge is 2.52. The normalized spacial score (nSPS) is 21.9. The molecule has 1 aliphatic heterocycles. The molecule has 0 saturated heterocycles. The number of hydrogen-bond acceptors (Lipinski definition) is 7. The van der Waals surface area contributed by atoms with Gasteiger partial charge in [0.1, 0.15) is 18.8 Å². The number of benzene rings is 1. The molecule has 4 N–H and O–H groups in total.